The number of hydrogen-bond donors (Lipinski definition) is 5. The first kappa shape index (κ1) is 84.0. The summed E-state index contributed by atoms with van der Waals surface area (Å²) in [4.78, 5) is 78.5. The molecule has 1 aromatic heterocycles. The number of aryl methyl sites for hydroxylation is 2. The number of halogens is 6. The van der Waals surface area contributed by atoms with Crippen molar-refractivity contribution in [3.8, 4) is 5.75 Å². The summed E-state index contributed by atoms with van der Waals surface area (Å²) in [6, 6.07) is 18.7. The quantitative estimate of drug-likeness (QED) is 0.0324. The predicted octanol–water partition coefficient (Wildman–Crippen LogP) is 11.7. The molecule has 8 aliphatic heterocycles. The van der Waals surface area contributed by atoms with E-state index in [9.17, 15) is 36.2 Å². The number of carbonyl (C=O) groups excluding carboxylic acids is 7. The molecule has 570 valence electrons. The van der Waals surface area contributed by atoms with Crippen molar-refractivity contribution in [2.45, 2.75) is 153 Å². The number of piperidine rings is 4. The summed E-state index contributed by atoms with van der Waals surface area (Å²) in [5.41, 5.74) is 2.03. The summed E-state index contributed by atoms with van der Waals surface area (Å²) in [5, 5.41) is 16.2. The van der Waals surface area contributed by atoms with Crippen LogP contribution in [0.15, 0.2) is 95.1 Å². The Morgan fingerprint density at radius 3 is 1.59 bits per heavy atom. The zero-order valence-electron chi connectivity index (χ0n) is 62.8. The van der Waals surface area contributed by atoms with E-state index in [1.54, 1.807) is 27.4 Å². The van der Waals surface area contributed by atoms with E-state index in [4.69, 9.17) is 82.8 Å². The zero-order valence-corrected chi connectivity index (χ0v) is 64.4. The average molecular weight is 1560 g/mol. The Balaban J connectivity index is 0.000000292. The van der Waals surface area contributed by atoms with E-state index in [-0.39, 0.29) is 50.0 Å². The number of hydrogen-bond acceptors (Lipinski definition) is 21. The molecule has 33 heteroatoms. The molecule has 0 aliphatic carbocycles. The minimum Gasteiger partial charge on any atom is -0.504 e. The summed E-state index contributed by atoms with van der Waals surface area (Å²) in [6.07, 6.45) is 15.5. The van der Waals surface area contributed by atoms with Gasteiger partial charge in [-0.05, 0) is 166 Å². The number of carbonyl (C=O) groups is 1. The van der Waals surface area contributed by atoms with Gasteiger partial charge in [0.2, 0.25) is 0 Å². The van der Waals surface area contributed by atoms with Crippen LogP contribution in [0.1, 0.15) is 141 Å². The number of nitrogens with zero attached hydrogens (tertiary/aromatic N) is 4. The van der Waals surface area contributed by atoms with Crippen LogP contribution >= 0.6 is 0 Å². The van der Waals surface area contributed by atoms with Crippen molar-refractivity contribution in [3.05, 3.63) is 124 Å². The molecule has 12 rings (SSSR count). The Kier molecular flexibility index (Phi) is 31.0. The number of H-pyrrole nitrogens is 1. The van der Waals surface area contributed by atoms with Gasteiger partial charge in [-0.2, -0.15) is 71.9 Å². The van der Waals surface area contributed by atoms with E-state index in [1.165, 1.54) is 34.4 Å². The van der Waals surface area contributed by atoms with Gasteiger partial charge in [-0.1, -0.05) is 70.4 Å². The van der Waals surface area contributed by atoms with Gasteiger partial charge in [0.1, 0.15) is 16.9 Å². The van der Waals surface area contributed by atoms with Crippen molar-refractivity contribution in [1.82, 2.24) is 19.7 Å². The fourth-order valence-corrected chi connectivity index (χ4v) is 16.2. The molecule has 4 aromatic rings. The number of ether oxygens (including phenoxy) is 4. The SMILES string of the molecule is CC[C@@H]1CN2CC[C@@]3(O)C(=Nc4cccc(C)c43)[C@@H]2C[C@@H]1/C(C)=C\OC.CC[C@@H]1CN2CC[C@]3(Nc4cccc(C)c4C3=O)[C@@H]2C[C@@H]1/C(C)=C\OC.O=C=O.O=C=O.O=C=O.O=S(=O)(O)C(F)(F)F.O=S(=O)(O)C(F)(F)F.[2H]C([2H])([2H])Oc1cccc2[nH]c3c(c12)CCN1C[C@@H](CC)[C@@H](/C(C)=C\OC)C[C@@H]31.[Zn]. The molecule has 11 atom stereocenters. The largest absolute Gasteiger partial charge is 0.522 e. The Labute approximate surface area is 618 Å². The molecule has 0 radical (unpaired) electrons. The summed E-state index contributed by atoms with van der Waals surface area (Å²) in [5.74, 6) is 4.09. The first-order chi connectivity index (χ1) is 49.6. The first-order valence-corrected chi connectivity index (χ1v) is 36.0. The second-order valence-electron chi connectivity index (χ2n) is 26.2. The Hall–Kier alpha value is -7.24. The van der Waals surface area contributed by atoms with Crippen LogP contribution in [0.4, 0.5) is 37.7 Å². The van der Waals surface area contributed by atoms with E-state index in [2.05, 4.69) is 85.6 Å². The number of aliphatic imine (C=N–C) groups is 1. The number of benzene rings is 3. The van der Waals surface area contributed by atoms with E-state index in [0.717, 1.165) is 141 Å². The van der Waals surface area contributed by atoms with Crippen LogP contribution in [0.3, 0.4) is 0 Å². The molecule has 9 heterocycles. The average Bonchev–Trinajstić information content (AvgIpc) is 1.58. The third-order valence-electron chi connectivity index (χ3n) is 20.7. The third kappa shape index (κ3) is 20.1. The maximum Gasteiger partial charge on any atom is 0.522 e. The van der Waals surface area contributed by atoms with E-state index >= 15 is 0 Å². The van der Waals surface area contributed by atoms with Crippen LogP contribution in [0.25, 0.3) is 10.9 Å². The molecule has 0 amide bonds. The van der Waals surface area contributed by atoms with Crippen molar-refractivity contribution in [3.63, 3.8) is 0 Å². The third-order valence-corrected chi connectivity index (χ3v) is 21.9. The van der Waals surface area contributed by atoms with Gasteiger partial charge in [-0.25, -0.2) is 0 Å². The van der Waals surface area contributed by atoms with Crippen molar-refractivity contribution in [2.75, 3.05) is 73.0 Å². The van der Waals surface area contributed by atoms with Gasteiger partial charge in [-0.15, -0.1) is 0 Å². The first-order valence-electron chi connectivity index (χ1n) is 34.6. The standard InChI is InChI=1S/3C22H30N2O2.2CHF3O3S.3CO2.Zn/c1-5-15-12-24-10-9-16-21-18(7-6-8-20(21)26-4)23-22(16)19(24)11-17(15)14(2)13-25-3;1-5-16-12-24-10-9-22(19(24)11-17(16)15(3)13-26-4)21(25)20-14(2)7-6-8-18(20)23-22;1-5-16-12-24-10-9-22(25)20-14(2)7-6-8-18(20)23-21(22)19(24)11-17(16)15(3)13-26-4;2*2-1(3,4)8(5,6)7;3*2-1-3;/h6-8,13,15,17,19,23H,5,9-12H2,1-4H3;6-8,13,16-17,19,23H,5,9-12H2,1-4H3;6-8,13,16-17,19,25H,5,9-12H2,1-4H3;2*(H,5,6,7);;;;/b14-13-;2*15-13-;;;;;;/t15-,17-,19+;2*16-,17-,19+,22+;;;;;;/m111....../s1/i4D3;;;;;;;;. The number of Topliss-reactive ketones (excluding diaryl/α,β-unsaturated/α-hetero) is 1. The molecule has 0 saturated carbocycles. The normalized spacial score (nSPS) is 26.5. The Morgan fingerprint density at radius 2 is 1.12 bits per heavy atom. The summed E-state index contributed by atoms with van der Waals surface area (Å²) in [6.45, 7) is 23.7. The molecule has 5 N–H and O–H groups in total. The number of aromatic nitrogens is 1. The zero-order chi connectivity index (χ0) is 79.8. The number of anilines is 1. The number of fused-ring (bicyclic) bond motifs is 13. The predicted molar refractivity (Wildman–Crippen MR) is 365 cm³/mol. The number of methoxy groups -OCH3 is 4. The number of rotatable bonds is 10. The second kappa shape index (κ2) is 38.3. The van der Waals surface area contributed by atoms with E-state index in [1.807, 2.05) is 62.1 Å². The second-order valence-corrected chi connectivity index (χ2v) is 29.1. The van der Waals surface area contributed by atoms with Gasteiger partial charge in [0.15, 0.2) is 5.78 Å². The van der Waals surface area contributed by atoms with E-state index < -0.39 is 49.4 Å². The van der Waals surface area contributed by atoms with Gasteiger partial charge < -0.3 is 34.4 Å². The number of aliphatic hydroxyl groups is 1. The topological polar surface area (TPSA) is 335 Å². The van der Waals surface area contributed by atoms with Crippen LogP contribution < -0.4 is 10.1 Å². The summed E-state index contributed by atoms with van der Waals surface area (Å²) < 4.78 is 159. The molecule has 0 unspecified atom stereocenters. The van der Waals surface area contributed by atoms with Crippen molar-refractivity contribution < 1.29 is 133 Å². The smallest absolute Gasteiger partial charge is 0.504 e. The fraction of sp³-hybridized carbons (Fsp3) is 0.563. The molecule has 0 bridgehead atoms. The molecule has 24 nitrogen and oxygen atoms in total. The van der Waals surface area contributed by atoms with Gasteiger partial charge in [-0.3, -0.25) is 33.6 Å². The number of nitrogens with one attached hydrogen (secondary N) is 2. The molecule has 104 heavy (non-hydrogen) atoms. The molecular weight excluding hydrogens is 1470 g/mol. The van der Waals surface area contributed by atoms with Crippen molar-refractivity contribution in [2.24, 2.45) is 40.5 Å². The molecule has 1 spiro atoms. The van der Waals surface area contributed by atoms with Gasteiger partial charge in [0.25, 0.3) is 0 Å². The van der Waals surface area contributed by atoms with E-state index in [0.29, 0.717) is 53.1 Å². The number of aromatic amines is 1. The number of ketones is 1. The molecule has 5 saturated heterocycles. The molecule has 8 aliphatic rings. The minimum absolute atomic E-state index is 0. The monoisotopic (exact) mass is 1560 g/mol. The van der Waals surface area contributed by atoms with Gasteiger partial charge in [0, 0.05) is 98.2 Å². The maximum atomic E-state index is 13.5. The van der Waals surface area contributed by atoms with Crippen molar-refractivity contribution >= 4 is 72.5 Å². The van der Waals surface area contributed by atoms with Crippen LogP contribution in [0.2, 0.25) is 0 Å². The molecular formula is C71H92F6N6O18S2Zn. The number of allylic oxidation sites excluding steroid dienone is 3. The van der Waals surface area contributed by atoms with Crippen LogP contribution in [0, 0.1) is 49.4 Å². The van der Waals surface area contributed by atoms with Crippen LogP contribution in [0.5, 0.6) is 5.75 Å². The number of alkyl halides is 6. The van der Waals surface area contributed by atoms with Gasteiger partial charge >= 0.3 is 49.7 Å². The van der Waals surface area contributed by atoms with Crippen LogP contribution in [-0.2, 0) is 94.7 Å². The molecule has 5 fully saturated rings. The Bertz CT molecular complexity index is 4130. The summed E-state index contributed by atoms with van der Waals surface area (Å²) in [7, 11) is -8.98. The van der Waals surface area contributed by atoms with Crippen LogP contribution in [-0.4, -0.2) is 177 Å². The Morgan fingerprint density at radius 1 is 0.673 bits per heavy atom. The van der Waals surface area contributed by atoms with Gasteiger partial charge in [0.05, 0.1) is 74.7 Å². The summed E-state index contributed by atoms with van der Waals surface area (Å²) >= 11 is 0. The van der Waals surface area contributed by atoms with Crippen molar-refractivity contribution in [1.29, 1.82) is 0 Å². The fourth-order valence-electron chi connectivity index (χ4n) is 16.2. The maximum absolute atomic E-state index is 13.5. The minimum atomic E-state index is -5.84. The molecule has 3 aromatic carbocycles.